The number of hydrogen-bond acceptors (Lipinski definition) is 4. The maximum atomic E-state index is 12.2. The third kappa shape index (κ3) is 3.80. The van der Waals surface area contributed by atoms with E-state index in [0.717, 1.165) is 45.1 Å². The number of ether oxygens (including phenoxy) is 1. The second-order valence-electron chi connectivity index (χ2n) is 5.27. The van der Waals surface area contributed by atoms with Gasteiger partial charge >= 0.3 is 0 Å². The van der Waals surface area contributed by atoms with Gasteiger partial charge in [-0.1, -0.05) is 0 Å². The van der Waals surface area contributed by atoms with Gasteiger partial charge in [0.1, 0.15) is 0 Å². The molecule has 6 nitrogen and oxygen atoms in total. The SMILES string of the molecule is CCn1cc(C(=O)N[C@H](C)CN2CCOCC2)c(C)n1. The highest BCUT2D eigenvalue weighted by Gasteiger charge is 2.18. The highest BCUT2D eigenvalue weighted by molar-refractivity contribution is 5.95. The van der Waals surface area contributed by atoms with E-state index in [1.54, 1.807) is 4.68 Å². The first-order chi connectivity index (χ1) is 9.60. The highest BCUT2D eigenvalue weighted by atomic mass is 16.5. The number of amides is 1. The molecule has 0 radical (unpaired) electrons. The quantitative estimate of drug-likeness (QED) is 0.861. The number of hydrogen-bond donors (Lipinski definition) is 1. The maximum absolute atomic E-state index is 12.2. The van der Waals surface area contributed by atoms with E-state index in [4.69, 9.17) is 4.74 Å². The van der Waals surface area contributed by atoms with Crippen LogP contribution in [0.15, 0.2) is 6.20 Å². The predicted octanol–water partition coefficient (Wildman–Crippen LogP) is 0.662. The molecule has 1 aliphatic rings. The molecule has 0 saturated carbocycles. The van der Waals surface area contributed by atoms with Crippen molar-refractivity contribution < 1.29 is 9.53 Å². The molecule has 1 N–H and O–H groups in total. The average molecular weight is 280 g/mol. The summed E-state index contributed by atoms with van der Waals surface area (Å²) >= 11 is 0. The lowest BCUT2D eigenvalue weighted by Gasteiger charge is -2.29. The van der Waals surface area contributed by atoms with Crippen LogP contribution in [0.4, 0.5) is 0 Å². The van der Waals surface area contributed by atoms with Crippen molar-refractivity contribution in [2.24, 2.45) is 0 Å². The van der Waals surface area contributed by atoms with E-state index < -0.39 is 0 Å². The lowest BCUT2D eigenvalue weighted by molar-refractivity contribution is 0.0342. The Bertz CT molecular complexity index is 452. The van der Waals surface area contributed by atoms with Gasteiger partial charge in [0.15, 0.2) is 0 Å². The van der Waals surface area contributed by atoms with E-state index in [2.05, 4.69) is 15.3 Å². The Balaban J connectivity index is 1.87. The number of aromatic nitrogens is 2. The van der Waals surface area contributed by atoms with E-state index in [1.807, 2.05) is 27.0 Å². The van der Waals surface area contributed by atoms with Crippen LogP contribution in [0.3, 0.4) is 0 Å². The molecule has 0 unspecified atom stereocenters. The maximum Gasteiger partial charge on any atom is 0.254 e. The van der Waals surface area contributed by atoms with Crippen LogP contribution in [0.5, 0.6) is 0 Å². The molecule has 1 fully saturated rings. The van der Waals surface area contributed by atoms with Crippen LogP contribution in [-0.4, -0.2) is 59.5 Å². The minimum atomic E-state index is -0.0389. The van der Waals surface area contributed by atoms with Crippen molar-refractivity contribution in [1.29, 1.82) is 0 Å². The first kappa shape index (κ1) is 15.0. The standard InChI is InChI=1S/C14H24N4O2/c1-4-18-10-13(12(3)16-18)14(19)15-11(2)9-17-5-7-20-8-6-17/h10-11H,4-9H2,1-3H3,(H,15,19)/t11-/m1/s1. The zero-order chi connectivity index (χ0) is 14.5. The molecule has 2 rings (SSSR count). The molecular formula is C14H24N4O2. The number of nitrogens with one attached hydrogen (secondary N) is 1. The van der Waals surface area contributed by atoms with Crippen LogP contribution in [0.25, 0.3) is 0 Å². The zero-order valence-electron chi connectivity index (χ0n) is 12.6. The lowest BCUT2D eigenvalue weighted by atomic mass is 10.2. The fourth-order valence-corrected chi connectivity index (χ4v) is 2.42. The molecule has 0 bridgehead atoms. The fraction of sp³-hybridized carbons (Fsp3) is 0.714. The second-order valence-corrected chi connectivity index (χ2v) is 5.27. The Morgan fingerprint density at radius 1 is 1.50 bits per heavy atom. The topological polar surface area (TPSA) is 59.4 Å². The lowest BCUT2D eigenvalue weighted by Crippen LogP contribution is -2.46. The van der Waals surface area contributed by atoms with E-state index in [-0.39, 0.29) is 11.9 Å². The van der Waals surface area contributed by atoms with Gasteiger partial charge in [-0.25, -0.2) is 0 Å². The number of morpholine rings is 1. The van der Waals surface area contributed by atoms with Crippen molar-refractivity contribution in [2.75, 3.05) is 32.8 Å². The van der Waals surface area contributed by atoms with E-state index in [9.17, 15) is 4.79 Å². The van der Waals surface area contributed by atoms with Gasteiger partial charge in [-0.15, -0.1) is 0 Å². The largest absolute Gasteiger partial charge is 0.379 e. The number of rotatable bonds is 5. The molecule has 2 heterocycles. The molecule has 0 aliphatic carbocycles. The minimum absolute atomic E-state index is 0.0389. The second kappa shape index (κ2) is 6.85. The van der Waals surface area contributed by atoms with E-state index in [0.29, 0.717) is 5.56 Å². The summed E-state index contributed by atoms with van der Waals surface area (Å²) < 4.78 is 7.11. The van der Waals surface area contributed by atoms with Gasteiger partial charge in [-0.3, -0.25) is 14.4 Å². The first-order valence-corrected chi connectivity index (χ1v) is 7.25. The number of aryl methyl sites for hydroxylation is 2. The summed E-state index contributed by atoms with van der Waals surface area (Å²) in [6.45, 7) is 11.0. The van der Waals surface area contributed by atoms with Crippen LogP contribution in [0, 0.1) is 6.92 Å². The minimum Gasteiger partial charge on any atom is -0.379 e. The average Bonchev–Trinajstić information content (AvgIpc) is 2.81. The van der Waals surface area contributed by atoms with Gasteiger partial charge in [0.05, 0.1) is 24.5 Å². The van der Waals surface area contributed by atoms with Gasteiger partial charge in [-0.2, -0.15) is 5.10 Å². The van der Waals surface area contributed by atoms with Crippen molar-refractivity contribution in [1.82, 2.24) is 20.0 Å². The third-order valence-electron chi connectivity index (χ3n) is 3.53. The highest BCUT2D eigenvalue weighted by Crippen LogP contribution is 2.06. The summed E-state index contributed by atoms with van der Waals surface area (Å²) in [5, 5.41) is 7.35. The Hall–Kier alpha value is -1.40. The molecule has 1 aliphatic heterocycles. The van der Waals surface area contributed by atoms with Crippen LogP contribution < -0.4 is 5.32 Å². The number of carbonyl (C=O) groups excluding carboxylic acids is 1. The molecule has 0 aromatic carbocycles. The zero-order valence-corrected chi connectivity index (χ0v) is 12.6. The Morgan fingerprint density at radius 3 is 2.80 bits per heavy atom. The van der Waals surface area contributed by atoms with Gasteiger partial charge in [-0.05, 0) is 20.8 Å². The molecule has 1 amide bonds. The molecule has 1 saturated heterocycles. The number of nitrogens with zero attached hydrogens (tertiary/aromatic N) is 3. The molecule has 1 atom stereocenters. The van der Waals surface area contributed by atoms with Crippen LogP contribution in [0.2, 0.25) is 0 Å². The first-order valence-electron chi connectivity index (χ1n) is 7.25. The third-order valence-corrected chi connectivity index (χ3v) is 3.53. The van der Waals surface area contributed by atoms with Gasteiger partial charge in [0.25, 0.3) is 5.91 Å². The molecule has 6 heteroatoms. The monoisotopic (exact) mass is 280 g/mol. The molecule has 112 valence electrons. The summed E-state index contributed by atoms with van der Waals surface area (Å²) in [6, 6.07) is 0.116. The van der Waals surface area contributed by atoms with E-state index in [1.165, 1.54) is 0 Å². The summed E-state index contributed by atoms with van der Waals surface area (Å²) in [6.07, 6.45) is 1.81. The van der Waals surface area contributed by atoms with Crippen molar-refractivity contribution >= 4 is 5.91 Å². The Kier molecular flexibility index (Phi) is 5.14. The van der Waals surface area contributed by atoms with Crippen molar-refractivity contribution in [3.8, 4) is 0 Å². The normalized spacial score (nSPS) is 17.9. The summed E-state index contributed by atoms with van der Waals surface area (Å²) in [7, 11) is 0. The Labute approximate surface area is 120 Å². The summed E-state index contributed by atoms with van der Waals surface area (Å²) in [4.78, 5) is 14.6. The van der Waals surface area contributed by atoms with Gasteiger partial charge in [0, 0.05) is 38.4 Å². The van der Waals surface area contributed by atoms with Crippen LogP contribution in [0.1, 0.15) is 29.9 Å². The smallest absolute Gasteiger partial charge is 0.254 e. The van der Waals surface area contributed by atoms with Crippen molar-refractivity contribution in [3.63, 3.8) is 0 Å². The predicted molar refractivity (Wildman–Crippen MR) is 76.8 cm³/mol. The van der Waals surface area contributed by atoms with Crippen LogP contribution >= 0.6 is 0 Å². The van der Waals surface area contributed by atoms with Gasteiger partial charge < -0.3 is 10.1 Å². The molecule has 1 aromatic heterocycles. The molecular weight excluding hydrogens is 256 g/mol. The Morgan fingerprint density at radius 2 is 2.20 bits per heavy atom. The van der Waals surface area contributed by atoms with E-state index >= 15 is 0 Å². The fourth-order valence-electron chi connectivity index (χ4n) is 2.42. The van der Waals surface area contributed by atoms with Crippen molar-refractivity contribution in [3.05, 3.63) is 17.5 Å². The molecule has 0 spiro atoms. The summed E-state index contributed by atoms with van der Waals surface area (Å²) in [5.74, 6) is -0.0389. The number of carbonyl (C=O) groups is 1. The summed E-state index contributed by atoms with van der Waals surface area (Å²) in [5.41, 5.74) is 1.45. The van der Waals surface area contributed by atoms with Crippen molar-refractivity contribution in [2.45, 2.75) is 33.4 Å². The molecule has 1 aromatic rings. The van der Waals surface area contributed by atoms with Crippen LogP contribution in [-0.2, 0) is 11.3 Å². The van der Waals surface area contributed by atoms with Gasteiger partial charge in [0.2, 0.25) is 0 Å². The molecule has 20 heavy (non-hydrogen) atoms.